The van der Waals surface area contributed by atoms with Crippen LogP contribution in [-0.2, 0) is 27.0 Å². The van der Waals surface area contributed by atoms with Crippen molar-refractivity contribution in [2.45, 2.75) is 25.6 Å². The van der Waals surface area contributed by atoms with Gasteiger partial charge in [-0.2, -0.15) is 13.2 Å². The molecule has 0 bridgehead atoms. The third-order valence-electron chi connectivity index (χ3n) is 7.07. The fourth-order valence-electron chi connectivity index (χ4n) is 4.73. The first kappa shape index (κ1) is 31.4. The third kappa shape index (κ3) is 7.63. The van der Waals surface area contributed by atoms with Gasteiger partial charge in [-0.05, 0) is 38.1 Å². The van der Waals surface area contributed by atoms with E-state index in [-0.39, 0.29) is 34.5 Å². The molecule has 4 rings (SSSR count). The van der Waals surface area contributed by atoms with Crippen LogP contribution in [0.4, 0.5) is 22.7 Å². The summed E-state index contributed by atoms with van der Waals surface area (Å²) in [4.78, 5) is 39.4. The number of hydrogen-bond acceptors (Lipinski definition) is 9. The largest absolute Gasteiger partial charge is 0.481 e. The first-order valence-electron chi connectivity index (χ1n) is 13.2. The Hall–Kier alpha value is -3.56. The molecule has 1 amide bonds. The molecule has 3 heterocycles. The minimum absolute atomic E-state index is 0.0517. The number of aromatic nitrogens is 1. The Kier molecular flexibility index (Phi) is 9.84. The second-order valence-electron chi connectivity index (χ2n) is 10.2. The normalized spacial score (nSPS) is 16.5. The number of benzene rings is 1. The number of nitrogens with zero attached hydrogens (tertiary/aromatic N) is 5. The lowest BCUT2D eigenvalue weighted by Crippen LogP contribution is -2.46. The zero-order valence-corrected chi connectivity index (χ0v) is 24.2. The number of amides is 1. The standard InChI is InChI=1S/C27H32F4N6O4S/c1-35(8-9-41-3)14-21-23(17-10-18(27(29,30)31)12-19(28)11-17)33-26(42-21)34-24(38)20-13-32-22(15-36(20)2)37-6-4-16(5-7-37)25(39)40/h10-13,16H,4-9,14-15H2,1-3H3,(H,39,40)(H,33,34,38). The molecule has 1 aromatic heterocycles. The van der Waals surface area contributed by atoms with Crippen LogP contribution in [0.5, 0.6) is 0 Å². The molecule has 42 heavy (non-hydrogen) atoms. The van der Waals surface area contributed by atoms with E-state index < -0.39 is 29.4 Å². The van der Waals surface area contributed by atoms with Gasteiger partial charge in [0.25, 0.3) is 5.91 Å². The van der Waals surface area contributed by atoms with Gasteiger partial charge in [-0.3, -0.25) is 19.8 Å². The molecular formula is C27H32F4N6O4S. The van der Waals surface area contributed by atoms with Crippen molar-refractivity contribution in [3.8, 4) is 11.3 Å². The number of aliphatic imine (C=N–C) groups is 1. The number of nitrogens with one attached hydrogen (secondary N) is 1. The fourth-order valence-corrected chi connectivity index (χ4v) is 5.79. The highest BCUT2D eigenvalue weighted by Crippen LogP contribution is 2.37. The van der Waals surface area contributed by atoms with Crippen LogP contribution in [0.15, 0.2) is 35.1 Å². The van der Waals surface area contributed by atoms with Crippen LogP contribution in [0.3, 0.4) is 0 Å². The van der Waals surface area contributed by atoms with Gasteiger partial charge in [-0.15, -0.1) is 0 Å². The van der Waals surface area contributed by atoms with E-state index in [0.29, 0.717) is 56.6 Å². The van der Waals surface area contributed by atoms with Crippen LogP contribution in [-0.4, -0.2) is 96.5 Å². The van der Waals surface area contributed by atoms with Gasteiger partial charge in [0.05, 0.1) is 36.5 Å². The number of halogens is 4. The number of likely N-dealkylation sites (tertiary alicyclic amines) is 1. The minimum Gasteiger partial charge on any atom is -0.481 e. The number of anilines is 1. The molecule has 0 saturated carbocycles. The number of ether oxygens (including phenoxy) is 1. The highest BCUT2D eigenvalue weighted by molar-refractivity contribution is 7.16. The van der Waals surface area contributed by atoms with E-state index in [1.807, 2.05) is 9.80 Å². The van der Waals surface area contributed by atoms with Crippen LogP contribution < -0.4 is 5.32 Å². The van der Waals surface area contributed by atoms with E-state index in [4.69, 9.17) is 4.74 Å². The van der Waals surface area contributed by atoms with Crippen molar-refractivity contribution >= 4 is 34.2 Å². The highest BCUT2D eigenvalue weighted by Gasteiger charge is 2.33. The predicted octanol–water partition coefficient (Wildman–Crippen LogP) is 3.97. The summed E-state index contributed by atoms with van der Waals surface area (Å²) in [7, 11) is 5.07. The molecule has 1 saturated heterocycles. The number of carboxylic acids is 1. The summed E-state index contributed by atoms with van der Waals surface area (Å²) < 4.78 is 59.6. The molecule has 2 aliphatic rings. The molecule has 1 aromatic carbocycles. The maximum Gasteiger partial charge on any atom is 0.416 e. The Bertz CT molecular complexity index is 1370. The molecular weight excluding hydrogens is 580 g/mol. The van der Waals surface area contributed by atoms with Crippen molar-refractivity contribution in [2.24, 2.45) is 10.9 Å². The van der Waals surface area contributed by atoms with Gasteiger partial charge in [0.2, 0.25) is 0 Å². The molecule has 0 spiro atoms. The Balaban J connectivity index is 1.56. The molecule has 0 atom stereocenters. The first-order chi connectivity index (χ1) is 19.8. The summed E-state index contributed by atoms with van der Waals surface area (Å²) in [5.74, 6) is -2.01. The number of amidine groups is 1. The molecule has 2 aromatic rings. The third-order valence-corrected chi connectivity index (χ3v) is 8.03. The van der Waals surface area contributed by atoms with Crippen molar-refractivity contribution in [3.63, 3.8) is 0 Å². The SMILES string of the molecule is COCCN(C)Cc1sc(NC(=O)C2=CN=C(N3CCC(C(=O)O)CC3)CN2C)nc1-c1cc(F)cc(C(F)(F)F)c1. The van der Waals surface area contributed by atoms with Crippen molar-refractivity contribution in [1.29, 1.82) is 0 Å². The number of rotatable bonds is 9. The Morgan fingerprint density at radius 2 is 1.95 bits per heavy atom. The van der Waals surface area contributed by atoms with E-state index in [1.54, 1.807) is 26.1 Å². The van der Waals surface area contributed by atoms with E-state index >= 15 is 0 Å². The second-order valence-corrected chi connectivity index (χ2v) is 11.3. The average Bonchev–Trinajstić information content (AvgIpc) is 3.32. The number of thiazole rings is 1. The lowest BCUT2D eigenvalue weighted by atomic mass is 9.97. The monoisotopic (exact) mass is 612 g/mol. The predicted molar refractivity (Wildman–Crippen MR) is 149 cm³/mol. The fraction of sp³-hybridized carbons (Fsp3) is 0.481. The molecule has 0 radical (unpaired) electrons. The maximum atomic E-state index is 14.3. The Morgan fingerprint density at radius 1 is 1.24 bits per heavy atom. The average molecular weight is 613 g/mol. The number of carbonyl (C=O) groups is 2. The smallest absolute Gasteiger partial charge is 0.416 e. The van der Waals surface area contributed by atoms with Crippen molar-refractivity contribution in [3.05, 3.63) is 46.4 Å². The maximum absolute atomic E-state index is 14.3. The van der Waals surface area contributed by atoms with Gasteiger partial charge in [0, 0.05) is 50.8 Å². The van der Waals surface area contributed by atoms with Crippen molar-refractivity contribution in [2.75, 3.05) is 59.3 Å². The summed E-state index contributed by atoms with van der Waals surface area (Å²) in [6.45, 7) is 2.67. The van der Waals surface area contributed by atoms with Gasteiger partial charge in [0.1, 0.15) is 17.3 Å². The summed E-state index contributed by atoms with van der Waals surface area (Å²) in [6, 6.07) is 2.26. The molecule has 0 unspecified atom stereocenters. The number of carbonyl (C=O) groups excluding carboxylic acids is 1. The zero-order chi connectivity index (χ0) is 30.6. The van der Waals surface area contributed by atoms with Crippen molar-refractivity contribution < 1.29 is 37.0 Å². The number of piperidine rings is 1. The number of methoxy groups -OCH3 is 1. The number of carboxylic acid groups (broad SMARTS) is 1. The van der Waals surface area contributed by atoms with E-state index in [0.717, 1.165) is 29.3 Å². The minimum atomic E-state index is -4.75. The van der Waals surface area contributed by atoms with Crippen LogP contribution in [0.1, 0.15) is 23.3 Å². The summed E-state index contributed by atoms with van der Waals surface area (Å²) in [5, 5.41) is 12.1. The van der Waals surface area contributed by atoms with Crippen LogP contribution in [0.2, 0.25) is 0 Å². The summed E-state index contributed by atoms with van der Waals surface area (Å²) in [6.07, 6.45) is -2.29. The van der Waals surface area contributed by atoms with Gasteiger partial charge in [0.15, 0.2) is 5.13 Å². The lowest BCUT2D eigenvalue weighted by molar-refractivity contribution is -0.143. The van der Waals surface area contributed by atoms with E-state index in [1.165, 1.54) is 6.20 Å². The Labute approximate surface area is 244 Å². The van der Waals surface area contributed by atoms with Gasteiger partial charge >= 0.3 is 12.1 Å². The molecule has 1 fully saturated rings. The van der Waals surface area contributed by atoms with Crippen LogP contribution >= 0.6 is 11.3 Å². The number of aliphatic carboxylic acids is 1. The van der Waals surface area contributed by atoms with E-state index in [2.05, 4.69) is 15.3 Å². The molecule has 2 N–H and O–H groups in total. The second kappa shape index (κ2) is 13.2. The molecule has 228 valence electrons. The van der Waals surface area contributed by atoms with Gasteiger partial charge in [-0.25, -0.2) is 14.4 Å². The Morgan fingerprint density at radius 3 is 2.57 bits per heavy atom. The number of hydrogen-bond donors (Lipinski definition) is 2. The van der Waals surface area contributed by atoms with Crippen LogP contribution in [0.25, 0.3) is 11.3 Å². The highest BCUT2D eigenvalue weighted by atomic mass is 32.1. The molecule has 15 heteroatoms. The topological polar surface area (TPSA) is 111 Å². The summed E-state index contributed by atoms with van der Waals surface area (Å²) in [5.41, 5.74) is -0.797. The number of alkyl halides is 3. The van der Waals surface area contributed by atoms with Crippen molar-refractivity contribution in [1.82, 2.24) is 19.7 Å². The first-order valence-corrected chi connectivity index (χ1v) is 14.0. The number of likely N-dealkylation sites (N-methyl/N-ethyl adjacent to an activating group) is 2. The van der Waals surface area contributed by atoms with E-state index in [9.17, 15) is 32.3 Å². The quantitative estimate of drug-likeness (QED) is 0.410. The zero-order valence-electron chi connectivity index (χ0n) is 23.4. The van der Waals surface area contributed by atoms with Gasteiger partial charge in [-0.1, -0.05) is 11.3 Å². The summed E-state index contributed by atoms with van der Waals surface area (Å²) >= 11 is 1.09. The van der Waals surface area contributed by atoms with Gasteiger partial charge < -0.3 is 19.6 Å². The molecule has 0 aliphatic carbocycles. The molecule has 2 aliphatic heterocycles. The van der Waals surface area contributed by atoms with Crippen LogP contribution in [0, 0.1) is 11.7 Å². The molecule has 10 nitrogen and oxygen atoms in total. The lowest BCUT2D eigenvalue weighted by Gasteiger charge is -2.36.